The van der Waals surface area contributed by atoms with Crippen LogP contribution in [0.3, 0.4) is 0 Å². The Bertz CT molecular complexity index is 668. The monoisotopic (exact) mass is 273 g/mol. The van der Waals surface area contributed by atoms with E-state index in [4.69, 9.17) is 0 Å². The Kier molecular flexibility index (Phi) is 3.42. The fraction of sp³-hybridized carbons (Fsp3) is 0.562. The highest BCUT2D eigenvalue weighted by molar-refractivity contribution is 5.78. The van der Waals surface area contributed by atoms with Gasteiger partial charge in [0.05, 0.1) is 17.1 Å². The highest BCUT2D eigenvalue weighted by atomic mass is 16.1. The molecule has 0 amide bonds. The van der Waals surface area contributed by atoms with Crippen LogP contribution in [0.1, 0.15) is 38.3 Å². The largest absolute Gasteiger partial charge is 0.326 e. The van der Waals surface area contributed by atoms with Gasteiger partial charge in [-0.05, 0) is 51.8 Å². The second kappa shape index (κ2) is 5.09. The molecule has 1 saturated heterocycles. The van der Waals surface area contributed by atoms with Crippen LogP contribution in [-0.4, -0.2) is 33.6 Å². The summed E-state index contributed by atoms with van der Waals surface area (Å²) in [5, 5.41) is 0. The molecule has 1 aliphatic heterocycles. The minimum absolute atomic E-state index is 0.0323. The molecule has 0 bridgehead atoms. The van der Waals surface area contributed by atoms with Crippen molar-refractivity contribution >= 4 is 11.0 Å². The highest BCUT2D eigenvalue weighted by Crippen LogP contribution is 2.25. The molecule has 1 aromatic heterocycles. The average molecular weight is 273 g/mol. The molecule has 1 unspecified atom stereocenters. The van der Waals surface area contributed by atoms with Crippen molar-refractivity contribution in [3.63, 3.8) is 0 Å². The van der Waals surface area contributed by atoms with Gasteiger partial charge in [0.25, 0.3) is 0 Å². The Balaban J connectivity index is 2.04. The maximum absolute atomic E-state index is 12.4. The number of nitrogens with zero attached hydrogens (tertiary/aromatic N) is 2. The quantitative estimate of drug-likeness (QED) is 0.914. The zero-order valence-corrected chi connectivity index (χ0v) is 12.5. The van der Waals surface area contributed by atoms with Gasteiger partial charge in [0.1, 0.15) is 0 Å². The van der Waals surface area contributed by atoms with Crippen LogP contribution in [0.25, 0.3) is 11.0 Å². The molecule has 4 nitrogen and oxygen atoms in total. The number of aromatic nitrogens is 2. The standard InChI is InChI=1S/C16H23N3O/c1-11(2)18-9-5-7-13(10-18)19-14-8-4-6-12(3)15(14)17-16(19)20/h4,6,8,11,13H,5,7,9-10H2,1-3H3,(H,17,20). The van der Waals surface area contributed by atoms with Crippen LogP contribution in [0.2, 0.25) is 0 Å². The number of nitrogens with one attached hydrogen (secondary N) is 1. The lowest BCUT2D eigenvalue weighted by molar-refractivity contribution is 0.143. The molecule has 108 valence electrons. The lowest BCUT2D eigenvalue weighted by Gasteiger charge is -2.35. The van der Waals surface area contributed by atoms with Gasteiger partial charge in [-0.2, -0.15) is 0 Å². The molecule has 1 aromatic carbocycles. The van der Waals surface area contributed by atoms with E-state index >= 15 is 0 Å². The Hall–Kier alpha value is -1.55. The molecule has 0 saturated carbocycles. The maximum atomic E-state index is 12.4. The molecule has 20 heavy (non-hydrogen) atoms. The van der Waals surface area contributed by atoms with Crippen LogP contribution in [0.5, 0.6) is 0 Å². The number of piperidine rings is 1. The molecule has 1 aliphatic rings. The van der Waals surface area contributed by atoms with E-state index in [0.717, 1.165) is 42.5 Å². The topological polar surface area (TPSA) is 41.0 Å². The van der Waals surface area contributed by atoms with Gasteiger partial charge in [0, 0.05) is 12.6 Å². The van der Waals surface area contributed by atoms with Gasteiger partial charge in [-0.1, -0.05) is 12.1 Å². The highest BCUT2D eigenvalue weighted by Gasteiger charge is 2.25. The molecule has 0 aliphatic carbocycles. The van der Waals surface area contributed by atoms with Crippen molar-refractivity contribution in [3.8, 4) is 0 Å². The van der Waals surface area contributed by atoms with Gasteiger partial charge in [0.15, 0.2) is 0 Å². The van der Waals surface area contributed by atoms with Gasteiger partial charge in [-0.3, -0.25) is 9.47 Å². The maximum Gasteiger partial charge on any atom is 0.326 e. The smallest absolute Gasteiger partial charge is 0.305 e. The molecule has 0 spiro atoms. The summed E-state index contributed by atoms with van der Waals surface area (Å²) in [5.41, 5.74) is 3.20. The first-order valence-corrected chi connectivity index (χ1v) is 7.52. The number of fused-ring (bicyclic) bond motifs is 1. The number of aromatic amines is 1. The number of hydrogen-bond acceptors (Lipinski definition) is 2. The summed E-state index contributed by atoms with van der Waals surface area (Å²) in [4.78, 5) is 17.8. The first kappa shape index (κ1) is 13.4. The van der Waals surface area contributed by atoms with Crippen molar-refractivity contribution in [2.24, 2.45) is 0 Å². The summed E-state index contributed by atoms with van der Waals surface area (Å²) in [6.45, 7) is 8.61. The predicted octanol–water partition coefficient (Wildman–Crippen LogP) is 2.68. The third-order valence-electron chi connectivity index (χ3n) is 4.48. The van der Waals surface area contributed by atoms with Crippen LogP contribution in [0, 0.1) is 6.92 Å². The molecular weight excluding hydrogens is 250 g/mol. The normalized spacial score (nSPS) is 20.9. The number of benzene rings is 1. The summed E-state index contributed by atoms with van der Waals surface area (Å²) in [6, 6.07) is 6.96. The fourth-order valence-corrected chi connectivity index (χ4v) is 3.32. The number of para-hydroxylation sites is 1. The third kappa shape index (κ3) is 2.18. The molecule has 1 fully saturated rings. The Labute approximate surface area is 119 Å². The second-order valence-corrected chi connectivity index (χ2v) is 6.15. The Morgan fingerprint density at radius 1 is 1.35 bits per heavy atom. The number of rotatable bonds is 2. The predicted molar refractivity (Wildman–Crippen MR) is 82.3 cm³/mol. The molecular formula is C16H23N3O. The van der Waals surface area contributed by atoms with E-state index in [1.54, 1.807) is 0 Å². The summed E-state index contributed by atoms with van der Waals surface area (Å²) < 4.78 is 1.97. The zero-order valence-electron chi connectivity index (χ0n) is 12.5. The zero-order chi connectivity index (χ0) is 14.3. The lowest BCUT2D eigenvalue weighted by atomic mass is 10.0. The van der Waals surface area contributed by atoms with Gasteiger partial charge >= 0.3 is 5.69 Å². The molecule has 3 rings (SSSR count). The molecule has 2 heterocycles. The van der Waals surface area contributed by atoms with Crippen molar-refractivity contribution in [2.75, 3.05) is 13.1 Å². The Morgan fingerprint density at radius 3 is 2.90 bits per heavy atom. The minimum atomic E-state index is 0.0323. The van der Waals surface area contributed by atoms with Crippen molar-refractivity contribution in [3.05, 3.63) is 34.2 Å². The van der Waals surface area contributed by atoms with Gasteiger partial charge in [-0.15, -0.1) is 0 Å². The van der Waals surface area contributed by atoms with Crippen LogP contribution in [0.4, 0.5) is 0 Å². The second-order valence-electron chi connectivity index (χ2n) is 6.15. The summed E-state index contributed by atoms with van der Waals surface area (Å²) in [5.74, 6) is 0. The summed E-state index contributed by atoms with van der Waals surface area (Å²) >= 11 is 0. The van der Waals surface area contributed by atoms with E-state index in [1.165, 1.54) is 0 Å². The van der Waals surface area contributed by atoms with E-state index in [2.05, 4.69) is 29.8 Å². The van der Waals surface area contributed by atoms with E-state index in [1.807, 2.05) is 23.6 Å². The summed E-state index contributed by atoms with van der Waals surface area (Å²) in [7, 11) is 0. The molecule has 4 heteroatoms. The van der Waals surface area contributed by atoms with Crippen LogP contribution >= 0.6 is 0 Å². The summed E-state index contributed by atoms with van der Waals surface area (Å²) in [6.07, 6.45) is 2.25. The number of aryl methyl sites for hydroxylation is 1. The van der Waals surface area contributed by atoms with Crippen molar-refractivity contribution in [1.82, 2.24) is 14.5 Å². The van der Waals surface area contributed by atoms with Crippen molar-refractivity contribution in [2.45, 2.75) is 45.7 Å². The minimum Gasteiger partial charge on any atom is -0.305 e. The van der Waals surface area contributed by atoms with E-state index in [-0.39, 0.29) is 11.7 Å². The average Bonchev–Trinajstić information content (AvgIpc) is 2.77. The van der Waals surface area contributed by atoms with Crippen LogP contribution in [-0.2, 0) is 0 Å². The van der Waals surface area contributed by atoms with E-state index in [9.17, 15) is 4.79 Å². The molecule has 2 aromatic rings. The SMILES string of the molecule is Cc1cccc2c1[nH]c(=O)n2C1CCCN(C(C)C)C1. The fourth-order valence-electron chi connectivity index (χ4n) is 3.32. The first-order valence-electron chi connectivity index (χ1n) is 7.52. The third-order valence-corrected chi connectivity index (χ3v) is 4.48. The lowest BCUT2D eigenvalue weighted by Crippen LogP contribution is -2.42. The van der Waals surface area contributed by atoms with E-state index < -0.39 is 0 Å². The van der Waals surface area contributed by atoms with Crippen molar-refractivity contribution < 1.29 is 0 Å². The van der Waals surface area contributed by atoms with Crippen LogP contribution in [0.15, 0.2) is 23.0 Å². The van der Waals surface area contributed by atoms with Crippen molar-refractivity contribution in [1.29, 1.82) is 0 Å². The van der Waals surface area contributed by atoms with Gasteiger partial charge in [-0.25, -0.2) is 4.79 Å². The number of imidazole rings is 1. The molecule has 1 N–H and O–H groups in total. The number of H-pyrrole nitrogens is 1. The number of likely N-dealkylation sites (tertiary alicyclic amines) is 1. The molecule has 0 radical (unpaired) electrons. The van der Waals surface area contributed by atoms with Gasteiger partial charge < -0.3 is 4.98 Å². The number of hydrogen-bond donors (Lipinski definition) is 1. The molecule has 1 atom stereocenters. The van der Waals surface area contributed by atoms with Crippen LogP contribution < -0.4 is 5.69 Å². The van der Waals surface area contributed by atoms with Gasteiger partial charge in [0.2, 0.25) is 0 Å². The Morgan fingerprint density at radius 2 is 2.15 bits per heavy atom. The van der Waals surface area contributed by atoms with E-state index in [0.29, 0.717) is 6.04 Å². The first-order chi connectivity index (χ1) is 9.58.